The van der Waals surface area contributed by atoms with Crippen LogP contribution in [0.25, 0.3) is 0 Å². The molecular weight excluding hydrogens is 358 g/mol. The molecule has 3 aromatic rings. The molecule has 0 saturated heterocycles. The van der Waals surface area contributed by atoms with E-state index in [1.807, 2.05) is 38.1 Å². The molecule has 0 N–H and O–H groups in total. The SMILES string of the molecule is CC1(c2cccc(F)c2)Cc2cc3c(cc2O1)CC(C)(c1cccc(F)c1)O3. The highest BCUT2D eigenvalue weighted by Crippen LogP contribution is 2.49. The van der Waals surface area contributed by atoms with Crippen LogP contribution in [0, 0.1) is 11.6 Å². The summed E-state index contributed by atoms with van der Waals surface area (Å²) in [6.07, 6.45) is 1.28. The largest absolute Gasteiger partial charge is 0.482 e. The van der Waals surface area contributed by atoms with Crippen molar-refractivity contribution in [3.05, 3.63) is 94.6 Å². The molecule has 3 aromatic carbocycles. The quantitative estimate of drug-likeness (QED) is 0.572. The Labute approximate surface area is 162 Å². The molecule has 0 radical (unpaired) electrons. The summed E-state index contributed by atoms with van der Waals surface area (Å²) in [4.78, 5) is 0. The zero-order valence-electron chi connectivity index (χ0n) is 15.8. The van der Waals surface area contributed by atoms with Gasteiger partial charge in [-0.3, -0.25) is 0 Å². The fraction of sp³-hybridized carbons (Fsp3) is 0.250. The molecule has 5 rings (SSSR count). The van der Waals surface area contributed by atoms with E-state index in [9.17, 15) is 8.78 Å². The summed E-state index contributed by atoms with van der Waals surface area (Å²) < 4.78 is 39.9. The van der Waals surface area contributed by atoms with E-state index in [0.29, 0.717) is 12.8 Å². The van der Waals surface area contributed by atoms with Gasteiger partial charge in [-0.05, 0) is 61.4 Å². The van der Waals surface area contributed by atoms with E-state index in [1.54, 1.807) is 12.1 Å². The van der Waals surface area contributed by atoms with Crippen molar-refractivity contribution >= 4 is 0 Å². The van der Waals surface area contributed by atoms with Crippen LogP contribution in [0.3, 0.4) is 0 Å². The zero-order valence-corrected chi connectivity index (χ0v) is 15.8. The molecule has 0 amide bonds. The lowest BCUT2D eigenvalue weighted by Gasteiger charge is -2.25. The molecule has 2 atom stereocenters. The fourth-order valence-electron chi connectivity index (χ4n) is 4.35. The predicted octanol–water partition coefficient (Wildman–Crippen LogP) is 5.67. The summed E-state index contributed by atoms with van der Waals surface area (Å²) in [6, 6.07) is 17.1. The maximum atomic E-state index is 13.7. The molecule has 0 bridgehead atoms. The molecule has 0 aromatic heterocycles. The highest BCUT2D eigenvalue weighted by molar-refractivity contribution is 5.53. The van der Waals surface area contributed by atoms with Crippen molar-refractivity contribution in [1.29, 1.82) is 0 Å². The van der Waals surface area contributed by atoms with Crippen LogP contribution in [-0.4, -0.2) is 0 Å². The molecular formula is C24H20F2O2. The second kappa shape index (κ2) is 5.81. The standard InChI is InChI=1S/C24H20F2O2/c1-23(17-5-3-7-19(25)11-17)13-15-9-22-16(10-21(15)27-23)14-24(2,28-22)18-6-4-8-20(26)12-18/h3-12H,13-14H2,1-2H3. The first-order chi connectivity index (χ1) is 13.3. The number of halogens is 2. The van der Waals surface area contributed by atoms with Gasteiger partial charge in [-0.2, -0.15) is 0 Å². The lowest BCUT2D eigenvalue weighted by Crippen LogP contribution is -2.27. The summed E-state index contributed by atoms with van der Waals surface area (Å²) in [6.45, 7) is 3.95. The minimum atomic E-state index is -0.606. The maximum Gasteiger partial charge on any atom is 0.135 e. The summed E-state index contributed by atoms with van der Waals surface area (Å²) in [5.74, 6) is 1.07. The van der Waals surface area contributed by atoms with Gasteiger partial charge in [0.25, 0.3) is 0 Å². The van der Waals surface area contributed by atoms with Crippen LogP contribution in [0.1, 0.15) is 36.1 Å². The van der Waals surface area contributed by atoms with Crippen LogP contribution < -0.4 is 9.47 Å². The molecule has 0 fully saturated rings. The van der Waals surface area contributed by atoms with E-state index in [-0.39, 0.29) is 11.6 Å². The molecule has 2 aliphatic heterocycles. The number of hydrogen-bond acceptors (Lipinski definition) is 2. The van der Waals surface area contributed by atoms with Gasteiger partial charge in [-0.1, -0.05) is 24.3 Å². The van der Waals surface area contributed by atoms with Gasteiger partial charge in [0.05, 0.1) is 0 Å². The van der Waals surface area contributed by atoms with Crippen LogP contribution in [0.2, 0.25) is 0 Å². The second-order valence-corrected chi connectivity index (χ2v) is 8.11. The average molecular weight is 378 g/mol. The molecule has 2 nitrogen and oxygen atoms in total. The van der Waals surface area contributed by atoms with Crippen LogP contribution in [0.4, 0.5) is 8.78 Å². The van der Waals surface area contributed by atoms with Gasteiger partial charge in [0, 0.05) is 24.0 Å². The smallest absolute Gasteiger partial charge is 0.135 e. The molecule has 0 saturated carbocycles. The molecule has 2 heterocycles. The van der Waals surface area contributed by atoms with E-state index in [1.165, 1.54) is 24.3 Å². The third-order valence-electron chi connectivity index (χ3n) is 5.84. The van der Waals surface area contributed by atoms with E-state index in [0.717, 1.165) is 33.8 Å². The zero-order chi connectivity index (χ0) is 19.5. The third kappa shape index (κ3) is 2.67. The Morgan fingerprint density at radius 3 is 1.50 bits per heavy atom. The first-order valence-corrected chi connectivity index (χ1v) is 9.41. The van der Waals surface area contributed by atoms with Gasteiger partial charge in [0.15, 0.2) is 0 Å². The minimum Gasteiger partial charge on any atom is -0.482 e. The Bertz CT molecular complexity index is 972. The first-order valence-electron chi connectivity index (χ1n) is 9.41. The van der Waals surface area contributed by atoms with Crippen molar-refractivity contribution in [3.63, 3.8) is 0 Å². The Balaban J connectivity index is 1.46. The van der Waals surface area contributed by atoms with E-state index in [2.05, 4.69) is 0 Å². The van der Waals surface area contributed by atoms with Crippen molar-refractivity contribution in [1.82, 2.24) is 0 Å². The van der Waals surface area contributed by atoms with Gasteiger partial charge >= 0.3 is 0 Å². The van der Waals surface area contributed by atoms with Crippen molar-refractivity contribution in [3.8, 4) is 11.5 Å². The monoisotopic (exact) mass is 378 g/mol. The average Bonchev–Trinajstić information content (AvgIpc) is 3.15. The first kappa shape index (κ1) is 17.2. The lowest BCUT2D eigenvalue weighted by atomic mass is 9.89. The van der Waals surface area contributed by atoms with E-state index >= 15 is 0 Å². The van der Waals surface area contributed by atoms with Crippen molar-refractivity contribution in [2.75, 3.05) is 0 Å². The van der Waals surface area contributed by atoms with Crippen molar-refractivity contribution in [2.24, 2.45) is 0 Å². The van der Waals surface area contributed by atoms with Gasteiger partial charge < -0.3 is 9.47 Å². The summed E-state index contributed by atoms with van der Waals surface area (Å²) in [5.41, 5.74) is 2.49. The van der Waals surface area contributed by atoms with Crippen LogP contribution in [0.15, 0.2) is 60.7 Å². The Kier molecular flexibility index (Phi) is 3.57. The molecule has 2 aliphatic rings. The van der Waals surface area contributed by atoms with Gasteiger partial charge in [-0.25, -0.2) is 8.78 Å². The van der Waals surface area contributed by atoms with Gasteiger partial charge in [0.1, 0.15) is 34.3 Å². The number of hydrogen-bond donors (Lipinski definition) is 0. The molecule has 0 spiro atoms. The maximum absolute atomic E-state index is 13.7. The van der Waals surface area contributed by atoms with E-state index < -0.39 is 11.2 Å². The predicted molar refractivity (Wildman–Crippen MR) is 103 cm³/mol. The Hall–Kier alpha value is -2.88. The molecule has 4 heteroatoms. The second-order valence-electron chi connectivity index (χ2n) is 8.11. The molecule has 0 aliphatic carbocycles. The third-order valence-corrected chi connectivity index (χ3v) is 5.84. The highest BCUT2D eigenvalue weighted by Gasteiger charge is 2.41. The molecule has 2 unspecified atom stereocenters. The van der Waals surface area contributed by atoms with Gasteiger partial charge in [0.2, 0.25) is 0 Å². The minimum absolute atomic E-state index is 0.269. The normalized spacial score (nSPS) is 25.0. The van der Waals surface area contributed by atoms with E-state index in [4.69, 9.17) is 9.47 Å². The molecule has 28 heavy (non-hydrogen) atoms. The lowest BCUT2D eigenvalue weighted by molar-refractivity contribution is 0.113. The van der Waals surface area contributed by atoms with Gasteiger partial charge in [-0.15, -0.1) is 0 Å². The Morgan fingerprint density at radius 2 is 1.11 bits per heavy atom. The van der Waals surface area contributed by atoms with Crippen LogP contribution in [-0.2, 0) is 24.0 Å². The number of ether oxygens (including phenoxy) is 2. The fourth-order valence-corrected chi connectivity index (χ4v) is 4.35. The Morgan fingerprint density at radius 1 is 0.679 bits per heavy atom. The van der Waals surface area contributed by atoms with Crippen LogP contribution in [0.5, 0.6) is 11.5 Å². The molecule has 142 valence electrons. The number of benzene rings is 3. The summed E-state index contributed by atoms with van der Waals surface area (Å²) >= 11 is 0. The highest BCUT2D eigenvalue weighted by atomic mass is 19.1. The summed E-state index contributed by atoms with van der Waals surface area (Å²) in [5, 5.41) is 0. The topological polar surface area (TPSA) is 18.5 Å². The van der Waals surface area contributed by atoms with Crippen molar-refractivity contribution in [2.45, 2.75) is 37.9 Å². The number of fused-ring (bicyclic) bond motifs is 2. The number of rotatable bonds is 2. The van der Waals surface area contributed by atoms with Crippen molar-refractivity contribution < 1.29 is 18.3 Å². The summed E-state index contributed by atoms with van der Waals surface area (Å²) in [7, 11) is 0. The van der Waals surface area contributed by atoms with Crippen LogP contribution >= 0.6 is 0 Å².